The zero-order valence-electron chi connectivity index (χ0n) is 16.3. The van der Waals surface area contributed by atoms with Crippen molar-refractivity contribution < 1.29 is 9.59 Å². The molecule has 0 aromatic carbocycles. The summed E-state index contributed by atoms with van der Waals surface area (Å²) in [5, 5.41) is 11.3. The van der Waals surface area contributed by atoms with E-state index in [1.54, 1.807) is 13.3 Å². The molecule has 4 atom stereocenters. The smallest absolute Gasteiger partial charge is 0.223 e. The Hall–Kier alpha value is -1.96. The third-order valence-electron chi connectivity index (χ3n) is 6.53. The number of fused-ring (bicyclic) bond motifs is 4. The van der Waals surface area contributed by atoms with Gasteiger partial charge < -0.3 is 14.8 Å². The van der Waals surface area contributed by atoms with Crippen molar-refractivity contribution in [3.8, 4) is 0 Å². The number of nitrogens with zero attached hydrogens (tertiary/aromatic N) is 5. The summed E-state index contributed by atoms with van der Waals surface area (Å²) in [6.07, 6.45) is 5.66. The molecule has 1 N–H and O–H groups in total. The van der Waals surface area contributed by atoms with Crippen molar-refractivity contribution in [2.75, 3.05) is 19.6 Å². The highest BCUT2D eigenvalue weighted by Gasteiger charge is 2.49. The Morgan fingerprint density at radius 1 is 1.33 bits per heavy atom. The summed E-state index contributed by atoms with van der Waals surface area (Å²) in [5.74, 6) is 2.16. The standard InChI is InChI=1S/C19H30N6O2/c1-3-24-12-21-22-18(24)11-23-9-14-7-15(10-23)17(8-20-13(2)26)25-16(14)5-4-6-19(25)27/h12,14-17H,3-11H2,1-2H3,(H,20,26)/t14-,15+,16+,17+/m1/s1. The molecule has 0 unspecified atom stereocenters. The first kappa shape index (κ1) is 18.4. The molecule has 8 heteroatoms. The summed E-state index contributed by atoms with van der Waals surface area (Å²) in [4.78, 5) is 28.8. The molecule has 27 heavy (non-hydrogen) atoms. The summed E-state index contributed by atoms with van der Waals surface area (Å²) in [6.45, 7) is 7.84. The van der Waals surface area contributed by atoms with Crippen molar-refractivity contribution in [2.24, 2.45) is 11.8 Å². The van der Waals surface area contributed by atoms with Gasteiger partial charge in [0.25, 0.3) is 0 Å². The van der Waals surface area contributed by atoms with Crippen molar-refractivity contribution in [1.82, 2.24) is 29.9 Å². The van der Waals surface area contributed by atoms with E-state index in [-0.39, 0.29) is 17.9 Å². The van der Waals surface area contributed by atoms with Gasteiger partial charge in [0.05, 0.1) is 12.6 Å². The van der Waals surface area contributed by atoms with Crippen molar-refractivity contribution in [3.63, 3.8) is 0 Å². The molecule has 3 saturated heterocycles. The van der Waals surface area contributed by atoms with Gasteiger partial charge in [0.15, 0.2) is 0 Å². The Morgan fingerprint density at radius 3 is 2.93 bits per heavy atom. The first-order valence-corrected chi connectivity index (χ1v) is 10.2. The van der Waals surface area contributed by atoms with Crippen LogP contribution in [0, 0.1) is 11.8 Å². The zero-order chi connectivity index (χ0) is 19.0. The van der Waals surface area contributed by atoms with Crippen LogP contribution in [0.5, 0.6) is 0 Å². The lowest BCUT2D eigenvalue weighted by Crippen LogP contribution is -2.67. The van der Waals surface area contributed by atoms with E-state index in [0.717, 1.165) is 51.3 Å². The molecule has 2 amide bonds. The van der Waals surface area contributed by atoms with Crippen molar-refractivity contribution in [3.05, 3.63) is 12.2 Å². The second kappa shape index (κ2) is 7.58. The number of aromatic nitrogens is 3. The van der Waals surface area contributed by atoms with Crippen LogP contribution in [0.3, 0.4) is 0 Å². The number of rotatable bonds is 5. The normalized spacial score (nSPS) is 30.9. The second-order valence-electron chi connectivity index (χ2n) is 8.25. The van der Waals surface area contributed by atoms with Crippen LogP contribution in [-0.4, -0.2) is 68.1 Å². The van der Waals surface area contributed by atoms with E-state index in [4.69, 9.17) is 0 Å². The van der Waals surface area contributed by atoms with Gasteiger partial charge in [0, 0.05) is 45.6 Å². The fourth-order valence-electron chi connectivity index (χ4n) is 5.38. The van der Waals surface area contributed by atoms with Crippen LogP contribution in [0.25, 0.3) is 0 Å². The summed E-state index contributed by atoms with van der Waals surface area (Å²) < 4.78 is 2.09. The number of amides is 2. The third kappa shape index (κ3) is 3.59. The Kier molecular flexibility index (Phi) is 5.16. The van der Waals surface area contributed by atoms with Crippen LogP contribution in [0.1, 0.15) is 45.4 Å². The van der Waals surface area contributed by atoms with E-state index in [9.17, 15) is 9.59 Å². The number of likely N-dealkylation sites (tertiary alicyclic amines) is 1. The average Bonchev–Trinajstić information content (AvgIpc) is 3.09. The lowest BCUT2D eigenvalue weighted by molar-refractivity contribution is -0.153. The number of nitrogens with one attached hydrogen (secondary N) is 1. The highest BCUT2D eigenvalue weighted by Crippen LogP contribution is 2.41. The zero-order valence-corrected chi connectivity index (χ0v) is 16.3. The molecule has 1 aromatic heterocycles. The van der Waals surface area contributed by atoms with Crippen molar-refractivity contribution in [2.45, 2.75) is 64.7 Å². The van der Waals surface area contributed by atoms with Crippen LogP contribution >= 0.6 is 0 Å². The topological polar surface area (TPSA) is 83.4 Å². The van der Waals surface area contributed by atoms with Gasteiger partial charge >= 0.3 is 0 Å². The van der Waals surface area contributed by atoms with Gasteiger partial charge in [0.1, 0.15) is 12.2 Å². The van der Waals surface area contributed by atoms with E-state index in [1.165, 1.54) is 0 Å². The van der Waals surface area contributed by atoms with E-state index in [1.807, 2.05) is 0 Å². The number of piperidine rings is 3. The van der Waals surface area contributed by atoms with Gasteiger partial charge in [0.2, 0.25) is 11.8 Å². The van der Waals surface area contributed by atoms with Crippen LogP contribution in [0.2, 0.25) is 0 Å². The maximum Gasteiger partial charge on any atom is 0.223 e. The van der Waals surface area contributed by atoms with Crippen molar-refractivity contribution >= 4 is 11.8 Å². The van der Waals surface area contributed by atoms with E-state index in [2.05, 4.69) is 36.8 Å². The minimum Gasteiger partial charge on any atom is -0.354 e. The van der Waals surface area contributed by atoms with Gasteiger partial charge in [-0.05, 0) is 38.0 Å². The van der Waals surface area contributed by atoms with Gasteiger partial charge in [-0.3, -0.25) is 14.5 Å². The fraction of sp³-hybridized carbons (Fsp3) is 0.789. The Balaban J connectivity index is 1.54. The monoisotopic (exact) mass is 374 g/mol. The molecule has 4 heterocycles. The number of aryl methyl sites for hydroxylation is 1. The molecule has 3 aliphatic rings. The predicted octanol–water partition coefficient (Wildman–Crippen LogP) is 0.636. The molecule has 148 valence electrons. The Labute approximate surface area is 160 Å². The number of carbonyl (C=O) groups is 2. The fourth-order valence-corrected chi connectivity index (χ4v) is 5.38. The third-order valence-corrected chi connectivity index (χ3v) is 6.53. The van der Waals surface area contributed by atoms with Gasteiger partial charge in [-0.2, -0.15) is 0 Å². The molecule has 3 aliphatic heterocycles. The Morgan fingerprint density at radius 2 is 2.15 bits per heavy atom. The highest BCUT2D eigenvalue weighted by molar-refractivity contribution is 5.78. The number of hydrogen-bond donors (Lipinski definition) is 1. The average molecular weight is 374 g/mol. The molecule has 4 rings (SSSR count). The summed E-state index contributed by atoms with van der Waals surface area (Å²) in [7, 11) is 0. The van der Waals surface area contributed by atoms with E-state index >= 15 is 0 Å². The quantitative estimate of drug-likeness (QED) is 0.818. The maximum atomic E-state index is 12.7. The molecule has 8 nitrogen and oxygen atoms in total. The van der Waals surface area contributed by atoms with Crippen LogP contribution in [0.4, 0.5) is 0 Å². The first-order chi connectivity index (χ1) is 13.1. The minimum absolute atomic E-state index is 0.0261. The SMILES string of the molecule is CCn1cnnc1CN1C[C@H]2C[C@@H](C1)[C@H](CNC(C)=O)N1C(=O)CCC[C@@H]21. The van der Waals surface area contributed by atoms with Crippen LogP contribution in [-0.2, 0) is 22.7 Å². The summed E-state index contributed by atoms with van der Waals surface area (Å²) >= 11 is 0. The summed E-state index contributed by atoms with van der Waals surface area (Å²) in [6, 6.07) is 0.419. The largest absolute Gasteiger partial charge is 0.354 e. The molecule has 1 aromatic rings. The van der Waals surface area contributed by atoms with Crippen LogP contribution in [0.15, 0.2) is 6.33 Å². The molecule has 0 radical (unpaired) electrons. The first-order valence-electron chi connectivity index (χ1n) is 10.2. The molecule has 3 fully saturated rings. The number of hydrogen-bond acceptors (Lipinski definition) is 5. The van der Waals surface area contributed by atoms with Crippen LogP contribution < -0.4 is 5.32 Å². The molecule has 0 aliphatic carbocycles. The molecule has 2 bridgehead atoms. The lowest BCUT2D eigenvalue weighted by atomic mass is 9.72. The summed E-state index contributed by atoms with van der Waals surface area (Å²) in [5.41, 5.74) is 0. The van der Waals surface area contributed by atoms with Crippen molar-refractivity contribution in [1.29, 1.82) is 0 Å². The maximum absolute atomic E-state index is 12.7. The highest BCUT2D eigenvalue weighted by atomic mass is 16.2. The molecular formula is C19H30N6O2. The Bertz CT molecular complexity index is 704. The molecular weight excluding hydrogens is 344 g/mol. The minimum atomic E-state index is -0.0261. The molecule has 0 spiro atoms. The number of carbonyl (C=O) groups excluding carboxylic acids is 2. The second-order valence-corrected chi connectivity index (χ2v) is 8.25. The van der Waals surface area contributed by atoms with E-state index < -0.39 is 0 Å². The van der Waals surface area contributed by atoms with Gasteiger partial charge in [-0.1, -0.05) is 0 Å². The lowest BCUT2D eigenvalue weighted by Gasteiger charge is -2.56. The predicted molar refractivity (Wildman–Crippen MR) is 99.5 cm³/mol. The molecule has 0 saturated carbocycles. The van der Waals surface area contributed by atoms with Gasteiger partial charge in [-0.25, -0.2) is 0 Å². The van der Waals surface area contributed by atoms with E-state index in [0.29, 0.717) is 30.8 Å². The van der Waals surface area contributed by atoms with Gasteiger partial charge in [-0.15, -0.1) is 10.2 Å².